The van der Waals surface area contributed by atoms with E-state index in [9.17, 15) is 26.4 Å². The van der Waals surface area contributed by atoms with Gasteiger partial charge < -0.3 is 11.1 Å². The summed E-state index contributed by atoms with van der Waals surface area (Å²) in [4.78, 5) is 16.9. The highest BCUT2D eigenvalue weighted by Gasteiger charge is 2.31. The number of hydrogen-bond donors (Lipinski definition) is 2. The number of alkyl halides is 3. The van der Waals surface area contributed by atoms with Crippen LogP contribution in [0.1, 0.15) is 32.3 Å². The number of nitrogens with one attached hydrogen (secondary N) is 1. The molecular weight excluding hydrogens is 469 g/mol. The smallest absolute Gasteiger partial charge is 0.351 e. The molecule has 0 aliphatic carbocycles. The fourth-order valence-corrected chi connectivity index (χ4v) is 4.39. The molecule has 0 bridgehead atoms. The molecule has 1 amide bonds. The van der Waals surface area contributed by atoms with Gasteiger partial charge in [-0.2, -0.15) is 13.2 Å². The number of nitrogens with two attached hydrogens (primary N) is 1. The van der Waals surface area contributed by atoms with Gasteiger partial charge in [0.15, 0.2) is 9.84 Å². The van der Waals surface area contributed by atoms with Crippen molar-refractivity contribution in [3.8, 4) is 0 Å². The molecule has 0 saturated heterocycles. The molecule has 0 radical (unpaired) electrons. The summed E-state index contributed by atoms with van der Waals surface area (Å²) in [5.41, 5.74) is 6.52. The van der Waals surface area contributed by atoms with Crippen molar-refractivity contribution in [2.45, 2.75) is 55.6 Å². The molecule has 1 aromatic carbocycles. The third kappa shape index (κ3) is 10.6. The summed E-state index contributed by atoms with van der Waals surface area (Å²) < 4.78 is 63.4. The van der Waals surface area contributed by atoms with Crippen LogP contribution in [0.3, 0.4) is 0 Å². The number of amides is 1. The fourth-order valence-electron chi connectivity index (χ4n) is 2.99. The standard InChI is InChI=1S/C23H33F3N4O3S/c1-4-30(17-23(24,25)26)15-13-18(2)34(32,33)20-11-9-19(10-12-20)16-29-22(31)21(27)8-6-5-7-14-28-3/h5-7,9-12,14,18,21H,3-4,8,13,15-17,27H2,1-2H3,(H,29,31). The molecule has 3 N–H and O–H groups in total. The number of aliphatic imine (C=N–C) groups is 1. The number of nitrogens with zero attached hydrogens (tertiary/aromatic N) is 2. The molecule has 7 nitrogen and oxygen atoms in total. The van der Waals surface area contributed by atoms with Gasteiger partial charge in [0.05, 0.1) is 22.7 Å². The molecule has 190 valence electrons. The van der Waals surface area contributed by atoms with Crippen molar-refractivity contribution in [2.24, 2.45) is 10.7 Å². The zero-order chi connectivity index (χ0) is 25.8. The van der Waals surface area contributed by atoms with Crippen LogP contribution in [0.25, 0.3) is 0 Å². The van der Waals surface area contributed by atoms with E-state index in [1.54, 1.807) is 37.3 Å². The van der Waals surface area contributed by atoms with Gasteiger partial charge in [-0.3, -0.25) is 14.7 Å². The summed E-state index contributed by atoms with van der Waals surface area (Å²) in [6.07, 6.45) is 2.69. The van der Waals surface area contributed by atoms with E-state index in [1.165, 1.54) is 30.2 Å². The molecule has 1 aromatic rings. The minimum Gasteiger partial charge on any atom is -0.351 e. The Morgan fingerprint density at radius 2 is 1.91 bits per heavy atom. The van der Waals surface area contributed by atoms with Gasteiger partial charge in [0, 0.05) is 12.7 Å². The van der Waals surface area contributed by atoms with Crippen LogP contribution < -0.4 is 11.1 Å². The minimum absolute atomic E-state index is 0.0252. The highest BCUT2D eigenvalue weighted by molar-refractivity contribution is 7.92. The highest BCUT2D eigenvalue weighted by atomic mass is 32.2. The zero-order valence-electron chi connectivity index (χ0n) is 19.5. The minimum atomic E-state index is -4.33. The average molecular weight is 503 g/mol. The molecule has 11 heteroatoms. The number of sulfone groups is 1. The molecule has 0 saturated carbocycles. The van der Waals surface area contributed by atoms with Crippen LogP contribution in [0.15, 0.2) is 58.6 Å². The van der Waals surface area contributed by atoms with E-state index < -0.39 is 33.9 Å². The number of hydrogen-bond acceptors (Lipinski definition) is 6. The maximum Gasteiger partial charge on any atom is 0.401 e. The summed E-state index contributed by atoms with van der Waals surface area (Å²) in [6.45, 7) is 5.70. The molecule has 0 heterocycles. The topological polar surface area (TPSA) is 105 Å². The Kier molecular flexibility index (Phi) is 12.2. The number of allylic oxidation sites excluding steroid dienone is 2. The molecule has 0 spiro atoms. The fraction of sp³-hybridized carbons (Fsp3) is 0.478. The molecule has 0 aliphatic heterocycles. The first-order valence-corrected chi connectivity index (χ1v) is 12.4. The van der Waals surface area contributed by atoms with Crippen LogP contribution in [0.2, 0.25) is 0 Å². The Bertz CT molecular complexity index is 945. The number of carbonyl (C=O) groups excluding carboxylic acids is 1. The van der Waals surface area contributed by atoms with E-state index in [-0.39, 0.29) is 36.9 Å². The lowest BCUT2D eigenvalue weighted by atomic mass is 10.2. The van der Waals surface area contributed by atoms with Crippen LogP contribution in [-0.4, -0.2) is 63.0 Å². The van der Waals surface area contributed by atoms with Crippen molar-refractivity contribution in [1.82, 2.24) is 10.2 Å². The van der Waals surface area contributed by atoms with Gasteiger partial charge >= 0.3 is 6.18 Å². The van der Waals surface area contributed by atoms with Gasteiger partial charge in [-0.1, -0.05) is 31.2 Å². The molecule has 0 aliphatic rings. The van der Waals surface area contributed by atoms with Crippen LogP contribution in [0, 0.1) is 0 Å². The first kappa shape index (κ1) is 29.5. The summed E-state index contributed by atoms with van der Waals surface area (Å²) >= 11 is 0. The van der Waals surface area contributed by atoms with E-state index in [0.29, 0.717) is 12.0 Å². The molecule has 1 rings (SSSR count). The van der Waals surface area contributed by atoms with Crippen LogP contribution in [0.4, 0.5) is 13.2 Å². The molecule has 2 atom stereocenters. The SMILES string of the molecule is C=NC=CC=CCC(N)C(=O)NCc1ccc(S(=O)(=O)C(C)CCN(CC)CC(F)(F)F)cc1. The van der Waals surface area contributed by atoms with Crippen LogP contribution in [0.5, 0.6) is 0 Å². The number of rotatable bonds is 14. The van der Waals surface area contributed by atoms with E-state index in [0.717, 1.165) is 0 Å². The van der Waals surface area contributed by atoms with Gasteiger partial charge in [-0.05, 0) is 63.3 Å². The van der Waals surface area contributed by atoms with Crippen molar-refractivity contribution in [3.63, 3.8) is 0 Å². The Labute approximate surface area is 199 Å². The Hall–Kier alpha value is -2.50. The number of carbonyl (C=O) groups is 1. The second-order valence-electron chi connectivity index (χ2n) is 7.78. The predicted octanol–water partition coefficient (Wildman–Crippen LogP) is 3.23. The van der Waals surface area contributed by atoms with Gasteiger partial charge in [0.2, 0.25) is 5.91 Å². The zero-order valence-corrected chi connectivity index (χ0v) is 20.3. The van der Waals surface area contributed by atoms with Gasteiger partial charge in [-0.25, -0.2) is 8.42 Å². The van der Waals surface area contributed by atoms with Crippen LogP contribution in [-0.2, 0) is 21.2 Å². The van der Waals surface area contributed by atoms with E-state index in [4.69, 9.17) is 5.73 Å². The second-order valence-corrected chi connectivity index (χ2v) is 10.2. The lowest BCUT2D eigenvalue weighted by Crippen LogP contribution is -2.39. The van der Waals surface area contributed by atoms with Gasteiger partial charge in [0.1, 0.15) is 0 Å². The van der Waals surface area contributed by atoms with Crippen molar-refractivity contribution < 1.29 is 26.4 Å². The van der Waals surface area contributed by atoms with Crippen molar-refractivity contribution >= 4 is 22.5 Å². The Balaban J connectivity index is 2.63. The molecule has 0 aromatic heterocycles. The normalized spacial score (nSPS) is 14.6. The second kappa shape index (κ2) is 14.0. The molecule has 0 fully saturated rings. The van der Waals surface area contributed by atoms with E-state index in [2.05, 4.69) is 17.0 Å². The highest BCUT2D eigenvalue weighted by Crippen LogP contribution is 2.21. The van der Waals surface area contributed by atoms with Gasteiger partial charge in [-0.15, -0.1) is 0 Å². The lowest BCUT2D eigenvalue weighted by molar-refractivity contribution is -0.145. The summed E-state index contributed by atoms with van der Waals surface area (Å²) in [7, 11) is -3.70. The van der Waals surface area contributed by atoms with E-state index in [1.807, 2.05) is 0 Å². The van der Waals surface area contributed by atoms with Crippen molar-refractivity contribution in [1.29, 1.82) is 0 Å². The molecular formula is C23H33F3N4O3S. The average Bonchev–Trinajstić information content (AvgIpc) is 2.79. The quantitative estimate of drug-likeness (QED) is 0.300. The van der Waals surface area contributed by atoms with Crippen molar-refractivity contribution in [2.75, 3.05) is 19.6 Å². The Morgan fingerprint density at radius 1 is 1.26 bits per heavy atom. The van der Waals surface area contributed by atoms with E-state index >= 15 is 0 Å². The monoisotopic (exact) mass is 502 g/mol. The third-order valence-electron chi connectivity index (χ3n) is 5.12. The predicted molar refractivity (Wildman–Crippen MR) is 128 cm³/mol. The number of halogens is 3. The molecule has 34 heavy (non-hydrogen) atoms. The largest absolute Gasteiger partial charge is 0.401 e. The van der Waals surface area contributed by atoms with Crippen LogP contribution >= 0.6 is 0 Å². The maximum atomic E-state index is 12.8. The van der Waals surface area contributed by atoms with Gasteiger partial charge in [0.25, 0.3) is 0 Å². The Morgan fingerprint density at radius 3 is 2.47 bits per heavy atom. The first-order chi connectivity index (χ1) is 15.9. The summed E-state index contributed by atoms with van der Waals surface area (Å²) in [6, 6.07) is 5.30. The molecule has 2 unspecified atom stereocenters. The summed E-state index contributed by atoms with van der Waals surface area (Å²) in [5, 5.41) is 1.85. The lowest BCUT2D eigenvalue weighted by Gasteiger charge is -2.23. The van der Waals surface area contributed by atoms with Crippen molar-refractivity contribution in [3.05, 3.63) is 54.3 Å². The number of benzene rings is 1. The summed E-state index contributed by atoms with van der Waals surface area (Å²) in [5.74, 6) is -0.347. The third-order valence-corrected chi connectivity index (χ3v) is 7.34. The maximum absolute atomic E-state index is 12.8. The first-order valence-electron chi connectivity index (χ1n) is 10.8.